The van der Waals surface area contributed by atoms with E-state index in [0.29, 0.717) is 57.3 Å². The molecule has 252 valence electrons. The second kappa shape index (κ2) is 13.9. The molecule has 4 saturated heterocycles. The van der Waals surface area contributed by atoms with Gasteiger partial charge in [0.15, 0.2) is 0 Å². The number of hydrogen-bond donors (Lipinski definition) is 1. The highest BCUT2D eigenvalue weighted by Crippen LogP contribution is 2.66. The number of hydrogen-bond acceptors (Lipinski definition) is 8. The Kier molecular flexibility index (Phi) is 10.3. The predicted molar refractivity (Wildman–Crippen MR) is 174 cm³/mol. The molecule has 11 nitrogen and oxygen atoms in total. The number of anilines is 1. The molecule has 11 heteroatoms. The molecule has 3 unspecified atom stereocenters. The van der Waals surface area contributed by atoms with E-state index in [9.17, 15) is 19.5 Å². The monoisotopic (exact) mass is 638 g/mol. The third kappa shape index (κ3) is 5.76. The number of amides is 3. The van der Waals surface area contributed by atoms with E-state index in [1.54, 1.807) is 28.9 Å². The average molecular weight is 639 g/mol. The van der Waals surface area contributed by atoms with Crippen LogP contribution in [0, 0.1) is 17.8 Å². The lowest BCUT2D eigenvalue weighted by Crippen LogP contribution is -2.59. The van der Waals surface area contributed by atoms with E-state index in [4.69, 9.17) is 14.2 Å². The molecule has 4 aliphatic rings. The Bertz CT molecular complexity index is 1300. The minimum absolute atomic E-state index is 0.114. The number of carbonyl (C=O) groups excluding carboxylic acids is 3. The van der Waals surface area contributed by atoms with E-state index in [1.165, 1.54) is 4.90 Å². The van der Waals surface area contributed by atoms with Crippen molar-refractivity contribution in [1.29, 1.82) is 0 Å². The topological polar surface area (TPSA) is 112 Å². The van der Waals surface area contributed by atoms with Crippen LogP contribution in [0.15, 0.2) is 49.6 Å². The zero-order valence-corrected chi connectivity index (χ0v) is 27.7. The molecule has 1 spiro atoms. The Morgan fingerprint density at radius 3 is 2.43 bits per heavy atom. The SMILES string of the molecule is C=CCN(CCN1CCOCC1)C(=O)C1N([C@H](C)CO)C(=O)[C@@H]2[C@H](C(=O)N(CC=C)c3ccc(OCC)cc3)[C@@]3(C)OC12CC3C. The van der Waals surface area contributed by atoms with Gasteiger partial charge in [0.05, 0.1) is 49.9 Å². The van der Waals surface area contributed by atoms with Crippen molar-refractivity contribution in [2.75, 3.05) is 70.6 Å². The van der Waals surface area contributed by atoms with Crippen LogP contribution in [0.4, 0.5) is 5.69 Å². The summed E-state index contributed by atoms with van der Waals surface area (Å²) >= 11 is 0. The Morgan fingerprint density at radius 2 is 1.83 bits per heavy atom. The second-order valence-corrected chi connectivity index (χ2v) is 13.2. The zero-order valence-electron chi connectivity index (χ0n) is 27.7. The molecule has 0 saturated carbocycles. The molecule has 4 fully saturated rings. The van der Waals surface area contributed by atoms with Crippen LogP contribution in [-0.4, -0.2) is 127 Å². The molecule has 46 heavy (non-hydrogen) atoms. The molecule has 0 aliphatic carbocycles. The first-order valence-electron chi connectivity index (χ1n) is 16.6. The van der Waals surface area contributed by atoms with Crippen molar-refractivity contribution >= 4 is 23.4 Å². The first-order valence-corrected chi connectivity index (χ1v) is 16.6. The molecule has 0 aromatic heterocycles. The Hall–Kier alpha value is -3.25. The van der Waals surface area contributed by atoms with Crippen LogP contribution in [0.1, 0.15) is 34.1 Å². The van der Waals surface area contributed by atoms with Gasteiger partial charge in [0.2, 0.25) is 17.7 Å². The standard InChI is InChI=1S/C35H50N4O7/c1-7-14-37(17-16-36-18-20-44-21-19-36)33(43)30-35-22-24(4)34(6,46-35)28(29(35)32(42)39(30)25(5)23-40)31(41)38(15-8-2)26-10-12-27(13-11-26)45-9-3/h7-8,10-13,24-25,28-30,40H,1-2,9,14-23H2,3-6H3/t24?,25-,28-,29+,30?,34+,35?/m1/s1. The van der Waals surface area contributed by atoms with Crippen LogP contribution >= 0.6 is 0 Å². The third-order valence-corrected chi connectivity index (χ3v) is 10.5. The van der Waals surface area contributed by atoms with Gasteiger partial charge in [-0.25, -0.2) is 0 Å². The normalized spacial score (nSPS) is 31.0. The first-order chi connectivity index (χ1) is 22.1. The lowest BCUT2D eigenvalue weighted by molar-refractivity contribution is -0.155. The Morgan fingerprint density at radius 1 is 1.15 bits per heavy atom. The molecular weight excluding hydrogens is 588 g/mol. The van der Waals surface area contributed by atoms with E-state index >= 15 is 0 Å². The summed E-state index contributed by atoms with van der Waals surface area (Å²) in [6.45, 7) is 20.1. The third-order valence-electron chi connectivity index (χ3n) is 10.5. The molecule has 1 aromatic rings. The maximum Gasteiger partial charge on any atom is 0.248 e. The highest BCUT2D eigenvalue weighted by atomic mass is 16.5. The van der Waals surface area contributed by atoms with Crippen molar-refractivity contribution in [1.82, 2.24) is 14.7 Å². The fraction of sp³-hybridized carbons (Fsp3) is 0.629. The molecule has 3 amide bonds. The predicted octanol–water partition coefficient (Wildman–Crippen LogP) is 2.34. The van der Waals surface area contributed by atoms with E-state index in [1.807, 2.05) is 45.0 Å². The minimum Gasteiger partial charge on any atom is -0.494 e. The number of fused-ring (bicyclic) bond motifs is 1. The van der Waals surface area contributed by atoms with Crippen LogP contribution in [0.2, 0.25) is 0 Å². The summed E-state index contributed by atoms with van der Waals surface area (Å²) in [5.41, 5.74) is -1.55. The van der Waals surface area contributed by atoms with Gasteiger partial charge < -0.3 is 34.0 Å². The quantitative estimate of drug-likeness (QED) is 0.309. The van der Waals surface area contributed by atoms with Gasteiger partial charge in [0.1, 0.15) is 17.4 Å². The minimum atomic E-state index is -1.22. The fourth-order valence-electron chi connectivity index (χ4n) is 8.11. The molecule has 4 heterocycles. The van der Waals surface area contributed by atoms with Gasteiger partial charge in [-0.2, -0.15) is 0 Å². The zero-order chi connectivity index (χ0) is 33.2. The van der Waals surface area contributed by atoms with E-state index in [-0.39, 0.29) is 36.8 Å². The number of carbonyl (C=O) groups is 3. The summed E-state index contributed by atoms with van der Waals surface area (Å²) in [5.74, 6) is -1.98. The molecule has 7 atom stereocenters. The van der Waals surface area contributed by atoms with Gasteiger partial charge in [0, 0.05) is 45.0 Å². The molecule has 2 bridgehead atoms. The van der Waals surface area contributed by atoms with E-state index < -0.39 is 35.1 Å². The smallest absolute Gasteiger partial charge is 0.248 e. The number of likely N-dealkylation sites (tertiary alicyclic amines) is 1. The number of nitrogens with zero attached hydrogens (tertiary/aromatic N) is 4. The van der Waals surface area contributed by atoms with Crippen LogP contribution in [0.5, 0.6) is 5.75 Å². The van der Waals surface area contributed by atoms with Crippen LogP contribution in [0.3, 0.4) is 0 Å². The number of rotatable bonds is 14. The Balaban J connectivity index is 1.52. The van der Waals surface area contributed by atoms with Crippen molar-refractivity contribution in [2.24, 2.45) is 17.8 Å². The fourth-order valence-corrected chi connectivity index (χ4v) is 8.11. The lowest BCUT2D eigenvalue weighted by Gasteiger charge is -2.39. The number of ether oxygens (including phenoxy) is 3. The van der Waals surface area contributed by atoms with Gasteiger partial charge >= 0.3 is 0 Å². The highest BCUT2D eigenvalue weighted by molar-refractivity contribution is 6.03. The van der Waals surface area contributed by atoms with Crippen molar-refractivity contribution in [3.63, 3.8) is 0 Å². The van der Waals surface area contributed by atoms with Crippen molar-refractivity contribution in [2.45, 2.75) is 57.4 Å². The largest absolute Gasteiger partial charge is 0.494 e. The Labute approximate surface area is 272 Å². The van der Waals surface area contributed by atoms with Gasteiger partial charge in [-0.15, -0.1) is 13.2 Å². The second-order valence-electron chi connectivity index (χ2n) is 13.2. The number of morpholine rings is 1. The number of aliphatic hydroxyl groups excluding tert-OH is 1. The van der Waals surface area contributed by atoms with Crippen molar-refractivity contribution in [3.05, 3.63) is 49.6 Å². The first kappa shape index (κ1) is 34.1. The lowest BCUT2D eigenvalue weighted by atomic mass is 9.62. The van der Waals surface area contributed by atoms with Crippen LogP contribution in [0.25, 0.3) is 0 Å². The van der Waals surface area contributed by atoms with Crippen molar-refractivity contribution < 1.29 is 33.7 Å². The van der Waals surface area contributed by atoms with Gasteiger partial charge in [-0.1, -0.05) is 19.1 Å². The number of benzene rings is 1. The highest BCUT2D eigenvalue weighted by Gasteiger charge is 2.80. The van der Waals surface area contributed by atoms with Crippen LogP contribution in [-0.2, 0) is 23.9 Å². The molecule has 4 aliphatic heterocycles. The van der Waals surface area contributed by atoms with E-state index in [0.717, 1.165) is 13.1 Å². The maximum atomic E-state index is 14.7. The number of aliphatic hydroxyl groups is 1. The summed E-state index contributed by atoms with van der Waals surface area (Å²) in [7, 11) is 0. The van der Waals surface area contributed by atoms with Gasteiger partial charge in [-0.05, 0) is 57.4 Å². The molecule has 1 aromatic carbocycles. The summed E-state index contributed by atoms with van der Waals surface area (Å²) in [4.78, 5) is 51.1. The summed E-state index contributed by atoms with van der Waals surface area (Å²) < 4.78 is 18.0. The molecule has 1 N–H and O–H groups in total. The molecule has 5 rings (SSSR count). The average Bonchev–Trinajstić information content (AvgIpc) is 3.58. The van der Waals surface area contributed by atoms with E-state index in [2.05, 4.69) is 18.1 Å². The summed E-state index contributed by atoms with van der Waals surface area (Å²) in [5, 5.41) is 10.3. The summed E-state index contributed by atoms with van der Waals surface area (Å²) in [6.07, 6.45) is 3.80. The van der Waals surface area contributed by atoms with Crippen molar-refractivity contribution in [3.8, 4) is 5.75 Å². The molecular formula is C35H50N4O7. The maximum absolute atomic E-state index is 14.7. The van der Waals surface area contributed by atoms with Gasteiger partial charge in [0.25, 0.3) is 0 Å². The van der Waals surface area contributed by atoms with Gasteiger partial charge in [-0.3, -0.25) is 19.3 Å². The summed E-state index contributed by atoms with van der Waals surface area (Å²) in [6, 6.07) is 5.65. The van der Waals surface area contributed by atoms with Crippen LogP contribution < -0.4 is 9.64 Å². The molecule has 0 radical (unpaired) electrons.